The van der Waals surface area contributed by atoms with E-state index >= 15 is 0 Å². The summed E-state index contributed by atoms with van der Waals surface area (Å²) in [5.41, 5.74) is 2.70. The number of piperazine rings is 1. The molecule has 148 valence electrons. The Morgan fingerprint density at radius 1 is 1.29 bits per heavy atom. The summed E-state index contributed by atoms with van der Waals surface area (Å²) in [4.78, 5) is 21.7. The van der Waals surface area contributed by atoms with Gasteiger partial charge < -0.3 is 14.4 Å². The van der Waals surface area contributed by atoms with Gasteiger partial charge in [0, 0.05) is 60.5 Å². The van der Waals surface area contributed by atoms with E-state index in [2.05, 4.69) is 9.88 Å². The summed E-state index contributed by atoms with van der Waals surface area (Å²) >= 11 is 3.26. The fraction of sp³-hybridized carbons (Fsp3) is 0.400. The number of hydrogen-bond acceptors (Lipinski definition) is 7. The van der Waals surface area contributed by atoms with E-state index in [0.29, 0.717) is 31.1 Å². The molecule has 4 rings (SSSR count). The number of fused-ring (bicyclic) bond motifs is 1. The Bertz CT molecular complexity index is 961. The number of carbonyl (C=O) groups excluding carboxylic acids is 1. The molecule has 0 aliphatic carbocycles. The van der Waals surface area contributed by atoms with E-state index in [1.165, 1.54) is 0 Å². The normalized spacial score (nSPS) is 15.4. The van der Waals surface area contributed by atoms with Gasteiger partial charge in [0.05, 0.1) is 6.61 Å². The highest BCUT2D eigenvalue weighted by Gasteiger charge is 2.28. The molecule has 0 unspecified atom stereocenters. The first-order chi connectivity index (χ1) is 13.7. The minimum Gasteiger partial charge on any atom is -0.451 e. The van der Waals surface area contributed by atoms with Crippen molar-refractivity contribution >= 4 is 40.0 Å². The van der Waals surface area contributed by atoms with Crippen molar-refractivity contribution in [3.63, 3.8) is 0 Å². The predicted octanol–water partition coefficient (Wildman–Crippen LogP) is 3.24. The van der Waals surface area contributed by atoms with Crippen LogP contribution in [0.25, 0.3) is 11.0 Å². The van der Waals surface area contributed by atoms with E-state index in [4.69, 9.17) is 9.52 Å². The maximum atomic E-state index is 13.2. The lowest BCUT2D eigenvalue weighted by Crippen LogP contribution is -2.49. The summed E-state index contributed by atoms with van der Waals surface area (Å²) in [6.07, 6.45) is 0. The number of para-hydroxylation sites is 1. The van der Waals surface area contributed by atoms with E-state index in [1.807, 2.05) is 41.5 Å². The van der Waals surface area contributed by atoms with Crippen LogP contribution in [0, 0.1) is 6.92 Å². The number of thiazole rings is 1. The maximum absolute atomic E-state index is 13.2. The molecule has 0 atom stereocenters. The predicted molar refractivity (Wildman–Crippen MR) is 112 cm³/mol. The summed E-state index contributed by atoms with van der Waals surface area (Å²) < 4.78 is 7.01. The molecule has 0 radical (unpaired) electrons. The van der Waals surface area contributed by atoms with Crippen molar-refractivity contribution in [2.75, 3.05) is 39.3 Å². The van der Waals surface area contributed by atoms with Crippen LogP contribution in [0.3, 0.4) is 0 Å². The summed E-state index contributed by atoms with van der Waals surface area (Å²) in [7, 11) is 0. The van der Waals surface area contributed by atoms with Gasteiger partial charge in [0.2, 0.25) is 0 Å². The number of hydrogen-bond donors (Lipinski definition) is 1. The van der Waals surface area contributed by atoms with Gasteiger partial charge >= 0.3 is 0 Å². The van der Waals surface area contributed by atoms with E-state index in [0.717, 1.165) is 39.7 Å². The van der Waals surface area contributed by atoms with E-state index < -0.39 is 0 Å². The number of aliphatic hydroxyl groups excluding tert-OH is 1. The van der Waals surface area contributed by atoms with E-state index in [9.17, 15) is 4.79 Å². The SMILES string of the molecule is Cc1csc(SCc2c(C(=O)N3CCN(CCO)CC3)oc3ccccc23)n1. The first-order valence-corrected chi connectivity index (χ1v) is 11.2. The molecule has 1 aliphatic rings. The van der Waals surface area contributed by atoms with Gasteiger partial charge in [-0.25, -0.2) is 4.98 Å². The Balaban J connectivity index is 1.56. The van der Waals surface area contributed by atoms with Crippen molar-refractivity contribution in [1.29, 1.82) is 0 Å². The number of rotatable bonds is 6. The fourth-order valence-electron chi connectivity index (χ4n) is 3.41. The molecular formula is C20H23N3O3S2. The third kappa shape index (κ3) is 4.10. The van der Waals surface area contributed by atoms with E-state index in [-0.39, 0.29) is 12.5 Å². The van der Waals surface area contributed by atoms with Crippen LogP contribution in [0.1, 0.15) is 21.8 Å². The second-order valence-electron chi connectivity index (χ2n) is 6.81. The Labute approximate surface area is 172 Å². The summed E-state index contributed by atoms with van der Waals surface area (Å²) in [6, 6.07) is 7.82. The smallest absolute Gasteiger partial charge is 0.290 e. The van der Waals surface area contributed by atoms with Gasteiger partial charge in [-0.05, 0) is 13.0 Å². The van der Waals surface area contributed by atoms with Gasteiger partial charge in [0.25, 0.3) is 5.91 Å². The number of amides is 1. The number of thioether (sulfide) groups is 1. The van der Waals surface area contributed by atoms with Crippen LogP contribution in [-0.4, -0.2) is 65.1 Å². The van der Waals surface area contributed by atoms with Crippen molar-refractivity contribution in [2.24, 2.45) is 0 Å². The van der Waals surface area contributed by atoms with Crippen LogP contribution in [-0.2, 0) is 5.75 Å². The second-order valence-corrected chi connectivity index (χ2v) is 8.89. The Hall–Kier alpha value is -1.87. The lowest BCUT2D eigenvalue weighted by atomic mass is 10.1. The lowest BCUT2D eigenvalue weighted by Gasteiger charge is -2.34. The largest absolute Gasteiger partial charge is 0.451 e. The zero-order valence-electron chi connectivity index (χ0n) is 15.8. The second kappa shape index (κ2) is 8.65. The summed E-state index contributed by atoms with van der Waals surface area (Å²) in [6.45, 7) is 5.63. The number of nitrogens with zero attached hydrogens (tertiary/aromatic N) is 3. The molecule has 8 heteroatoms. The monoisotopic (exact) mass is 417 g/mol. The standard InChI is InChI=1S/C20H23N3O3S2/c1-14-12-27-20(21-14)28-13-16-15-4-2-3-5-17(15)26-18(16)19(25)23-8-6-22(7-9-23)10-11-24/h2-5,12,24H,6-11,13H2,1H3. The van der Waals surface area contributed by atoms with Gasteiger partial charge in [-0.2, -0.15) is 0 Å². The average molecular weight is 418 g/mol. The number of carbonyl (C=O) groups is 1. The molecule has 6 nitrogen and oxygen atoms in total. The summed E-state index contributed by atoms with van der Waals surface area (Å²) in [5.74, 6) is 1.04. The van der Waals surface area contributed by atoms with Crippen LogP contribution in [0.4, 0.5) is 0 Å². The molecule has 1 fully saturated rings. The topological polar surface area (TPSA) is 69.8 Å². The minimum absolute atomic E-state index is 0.0502. The van der Waals surface area contributed by atoms with Crippen molar-refractivity contribution in [1.82, 2.24) is 14.8 Å². The molecule has 1 aliphatic heterocycles. The zero-order valence-corrected chi connectivity index (χ0v) is 17.4. The Morgan fingerprint density at radius 2 is 2.07 bits per heavy atom. The van der Waals surface area contributed by atoms with Crippen LogP contribution in [0.5, 0.6) is 0 Å². The molecule has 1 amide bonds. The molecule has 0 spiro atoms. The van der Waals surface area contributed by atoms with Crippen LogP contribution in [0.2, 0.25) is 0 Å². The molecule has 1 N–H and O–H groups in total. The maximum Gasteiger partial charge on any atom is 0.290 e. The van der Waals surface area contributed by atoms with Gasteiger partial charge in [0.1, 0.15) is 9.92 Å². The quantitative estimate of drug-likeness (QED) is 0.621. The molecule has 1 aromatic carbocycles. The highest BCUT2D eigenvalue weighted by Crippen LogP contribution is 2.34. The Kier molecular flexibility index (Phi) is 6.01. The van der Waals surface area contributed by atoms with E-state index in [1.54, 1.807) is 23.1 Å². The fourth-order valence-corrected chi connectivity index (χ4v) is 5.28. The highest BCUT2D eigenvalue weighted by molar-refractivity contribution is 8.00. The number of aryl methyl sites for hydroxylation is 1. The van der Waals surface area contributed by atoms with Gasteiger partial charge in [-0.3, -0.25) is 9.69 Å². The van der Waals surface area contributed by atoms with Crippen molar-refractivity contribution in [3.05, 3.63) is 46.7 Å². The number of β-amino-alcohol motifs (C(OH)–C–C–N with tert-alkyl or cyclic N) is 1. The number of furan rings is 1. The van der Waals surface area contributed by atoms with Crippen molar-refractivity contribution in [3.8, 4) is 0 Å². The van der Waals surface area contributed by atoms with Crippen molar-refractivity contribution in [2.45, 2.75) is 17.0 Å². The van der Waals surface area contributed by atoms with Gasteiger partial charge in [-0.1, -0.05) is 30.0 Å². The first kappa shape index (κ1) is 19.4. The third-order valence-corrected chi connectivity index (χ3v) is 7.07. The van der Waals surface area contributed by atoms with Gasteiger partial charge in [-0.15, -0.1) is 11.3 Å². The molecule has 2 aromatic heterocycles. The van der Waals surface area contributed by atoms with Crippen LogP contribution in [0.15, 0.2) is 38.4 Å². The molecule has 0 saturated carbocycles. The molecule has 3 heterocycles. The third-order valence-electron chi connectivity index (χ3n) is 4.91. The first-order valence-electron chi connectivity index (χ1n) is 9.33. The number of benzene rings is 1. The van der Waals surface area contributed by atoms with Crippen LogP contribution >= 0.6 is 23.1 Å². The Morgan fingerprint density at radius 3 is 2.79 bits per heavy atom. The summed E-state index contributed by atoms with van der Waals surface area (Å²) in [5, 5.41) is 12.1. The van der Waals surface area contributed by atoms with Crippen LogP contribution < -0.4 is 0 Å². The van der Waals surface area contributed by atoms with Crippen molar-refractivity contribution < 1.29 is 14.3 Å². The van der Waals surface area contributed by atoms with Gasteiger partial charge in [0.15, 0.2) is 5.76 Å². The molecule has 1 saturated heterocycles. The molecular weight excluding hydrogens is 394 g/mol. The highest BCUT2D eigenvalue weighted by atomic mass is 32.2. The molecule has 0 bridgehead atoms. The lowest BCUT2D eigenvalue weighted by molar-refractivity contribution is 0.0586. The average Bonchev–Trinajstić information content (AvgIpc) is 3.30. The molecule has 28 heavy (non-hydrogen) atoms. The molecule has 3 aromatic rings. The number of aliphatic hydroxyl groups is 1. The minimum atomic E-state index is -0.0502. The zero-order chi connectivity index (χ0) is 19.5. The number of aromatic nitrogens is 1.